The fraction of sp³-hybridized carbons (Fsp3) is 0.684. The van der Waals surface area contributed by atoms with Crippen molar-refractivity contribution in [2.45, 2.75) is 69.1 Å². The fourth-order valence-corrected chi connectivity index (χ4v) is 4.07. The molecular formula is C19H30N6O7. The molecule has 178 valence electrons. The highest BCUT2D eigenvalue weighted by atomic mass is 16.4. The predicted molar refractivity (Wildman–Crippen MR) is 109 cm³/mol. The van der Waals surface area contributed by atoms with Gasteiger partial charge in [-0.15, -0.1) is 0 Å². The van der Waals surface area contributed by atoms with E-state index in [2.05, 4.69) is 5.32 Å². The lowest BCUT2D eigenvalue weighted by molar-refractivity contribution is -0.152. The van der Waals surface area contributed by atoms with Gasteiger partial charge in [-0.3, -0.25) is 24.0 Å². The van der Waals surface area contributed by atoms with Crippen LogP contribution in [0.2, 0.25) is 0 Å². The standard InChI is InChI=1S/C19H30N6O7/c20-10(5-6-14(21)26)16(28)23-11(9-15(22)27)17(29)24-7-1-3-12(24)18(30)25-8-2-4-13(25)19(31)32/h10-13H,1-9,20H2,(H2,21,26)(H2,22,27)(H,23,28)(H,31,32). The number of aliphatic carboxylic acids is 1. The Labute approximate surface area is 184 Å². The molecule has 0 aliphatic carbocycles. The third kappa shape index (κ3) is 6.15. The lowest BCUT2D eigenvalue weighted by Gasteiger charge is -2.32. The smallest absolute Gasteiger partial charge is 0.326 e. The highest BCUT2D eigenvalue weighted by molar-refractivity contribution is 5.96. The Morgan fingerprint density at radius 3 is 2.09 bits per heavy atom. The van der Waals surface area contributed by atoms with Gasteiger partial charge in [-0.1, -0.05) is 0 Å². The quantitative estimate of drug-likeness (QED) is 0.228. The van der Waals surface area contributed by atoms with Crippen molar-refractivity contribution in [1.29, 1.82) is 0 Å². The topological polar surface area (TPSA) is 219 Å². The third-order valence-electron chi connectivity index (χ3n) is 5.70. The summed E-state index contributed by atoms with van der Waals surface area (Å²) in [6, 6.07) is -4.31. The number of rotatable bonds is 10. The SMILES string of the molecule is NC(=O)CCC(N)C(=O)NC(CC(N)=O)C(=O)N1CCCC1C(=O)N1CCCC1C(=O)O. The number of carbonyl (C=O) groups is 6. The predicted octanol–water partition coefficient (Wildman–Crippen LogP) is -2.99. The molecule has 2 aliphatic rings. The lowest BCUT2D eigenvalue weighted by Crippen LogP contribution is -2.57. The Balaban J connectivity index is 2.13. The van der Waals surface area contributed by atoms with E-state index in [1.54, 1.807) is 0 Å². The zero-order valence-corrected chi connectivity index (χ0v) is 17.7. The molecule has 2 aliphatic heterocycles. The van der Waals surface area contributed by atoms with Crippen LogP contribution < -0.4 is 22.5 Å². The highest BCUT2D eigenvalue weighted by Crippen LogP contribution is 2.25. The molecule has 4 atom stereocenters. The molecule has 0 radical (unpaired) electrons. The molecule has 4 unspecified atom stereocenters. The Kier molecular flexibility index (Phi) is 8.52. The minimum absolute atomic E-state index is 0.0466. The number of primary amides is 2. The molecule has 5 amide bonds. The van der Waals surface area contributed by atoms with Gasteiger partial charge in [0.15, 0.2) is 0 Å². The van der Waals surface area contributed by atoms with E-state index in [9.17, 15) is 33.9 Å². The molecule has 2 saturated heterocycles. The first-order chi connectivity index (χ1) is 15.0. The summed E-state index contributed by atoms with van der Waals surface area (Å²) in [7, 11) is 0. The summed E-state index contributed by atoms with van der Waals surface area (Å²) in [5, 5.41) is 11.7. The number of carboxylic acids is 1. The van der Waals surface area contributed by atoms with Gasteiger partial charge >= 0.3 is 5.97 Å². The van der Waals surface area contributed by atoms with Crippen LogP contribution in [0.1, 0.15) is 44.9 Å². The molecule has 0 aromatic carbocycles. The summed E-state index contributed by atoms with van der Waals surface area (Å²) in [5.41, 5.74) is 16.0. The summed E-state index contributed by atoms with van der Waals surface area (Å²) in [6.45, 7) is 0.490. The van der Waals surface area contributed by atoms with Crippen LogP contribution in [-0.4, -0.2) is 87.7 Å². The number of hydrogen-bond acceptors (Lipinski definition) is 7. The first-order valence-corrected chi connectivity index (χ1v) is 10.5. The molecule has 2 heterocycles. The van der Waals surface area contributed by atoms with Crippen molar-refractivity contribution in [3.05, 3.63) is 0 Å². The van der Waals surface area contributed by atoms with E-state index < -0.39 is 66.1 Å². The van der Waals surface area contributed by atoms with Crippen molar-refractivity contribution in [2.75, 3.05) is 13.1 Å². The molecule has 13 heteroatoms. The van der Waals surface area contributed by atoms with Gasteiger partial charge in [-0.25, -0.2) is 4.79 Å². The molecule has 0 aromatic rings. The van der Waals surface area contributed by atoms with E-state index in [1.165, 1.54) is 9.80 Å². The van der Waals surface area contributed by atoms with Crippen LogP contribution in [0, 0.1) is 0 Å². The van der Waals surface area contributed by atoms with E-state index in [0.717, 1.165) is 0 Å². The minimum atomic E-state index is -1.35. The van der Waals surface area contributed by atoms with Crippen molar-refractivity contribution in [3.8, 4) is 0 Å². The summed E-state index contributed by atoms with van der Waals surface area (Å²) in [5.74, 6) is -4.50. The van der Waals surface area contributed by atoms with Gasteiger partial charge in [0.05, 0.1) is 12.5 Å². The minimum Gasteiger partial charge on any atom is -0.480 e. The second-order valence-corrected chi connectivity index (χ2v) is 8.06. The molecule has 8 N–H and O–H groups in total. The Morgan fingerprint density at radius 2 is 1.53 bits per heavy atom. The zero-order valence-electron chi connectivity index (χ0n) is 17.7. The summed E-state index contributed by atoms with van der Waals surface area (Å²) in [6.07, 6.45) is 1.04. The van der Waals surface area contributed by atoms with E-state index in [-0.39, 0.29) is 25.9 Å². The summed E-state index contributed by atoms with van der Waals surface area (Å²) < 4.78 is 0. The van der Waals surface area contributed by atoms with Crippen LogP contribution in [0.15, 0.2) is 0 Å². The van der Waals surface area contributed by atoms with Crippen LogP contribution in [0.5, 0.6) is 0 Å². The highest BCUT2D eigenvalue weighted by Gasteiger charge is 2.43. The number of carboxylic acid groups (broad SMARTS) is 1. The molecule has 2 fully saturated rings. The number of likely N-dealkylation sites (tertiary alicyclic amines) is 2. The largest absolute Gasteiger partial charge is 0.480 e. The maximum absolute atomic E-state index is 13.2. The van der Waals surface area contributed by atoms with Crippen LogP contribution >= 0.6 is 0 Å². The van der Waals surface area contributed by atoms with Crippen molar-refractivity contribution >= 4 is 35.5 Å². The average Bonchev–Trinajstić information content (AvgIpc) is 3.39. The molecule has 0 bridgehead atoms. The van der Waals surface area contributed by atoms with E-state index >= 15 is 0 Å². The Morgan fingerprint density at radius 1 is 0.938 bits per heavy atom. The van der Waals surface area contributed by atoms with Gasteiger partial charge in [0.2, 0.25) is 29.5 Å². The van der Waals surface area contributed by atoms with E-state index in [0.29, 0.717) is 25.7 Å². The van der Waals surface area contributed by atoms with Crippen LogP contribution in [0.4, 0.5) is 0 Å². The van der Waals surface area contributed by atoms with Crippen molar-refractivity contribution < 1.29 is 33.9 Å². The normalized spacial score (nSPS) is 22.3. The Bertz CT molecular complexity index is 788. The fourth-order valence-electron chi connectivity index (χ4n) is 4.07. The van der Waals surface area contributed by atoms with E-state index in [1.807, 2.05) is 0 Å². The maximum Gasteiger partial charge on any atom is 0.326 e. The molecular weight excluding hydrogens is 424 g/mol. The number of nitrogens with zero attached hydrogens (tertiary/aromatic N) is 2. The van der Waals surface area contributed by atoms with Crippen LogP contribution in [-0.2, 0) is 28.8 Å². The van der Waals surface area contributed by atoms with Crippen LogP contribution in [0.3, 0.4) is 0 Å². The Hall–Kier alpha value is -3.22. The molecule has 0 spiro atoms. The third-order valence-corrected chi connectivity index (χ3v) is 5.70. The molecule has 0 saturated carbocycles. The maximum atomic E-state index is 13.2. The molecule has 13 nitrogen and oxygen atoms in total. The number of amides is 5. The number of hydrogen-bond donors (Lipinski definition) is 5. The average molecular weight is 454 g/mol. The first kappa shape index (κ1) is 25.0. The van der Waals surface area contributed by atoms with Crippen molar-refractivity contribution in [3.63, 3.8) is 0 Å². The number of carbonyl (C=O) groups excluding carboxylic acids is 5. The van der Waals surface area contributed by atoms with Crippen LogP contribution in [0.25, 0.3) is 0 Å². The zero-order chi connectivity index (χ0) is 24.0. The first-order valence-electron chi connectivity index (χ1n) is 10.5. The molecule has 2 rings (SSSR count). The van der Waals surface area contributed by atoms with Gasteiger partial charge in [0.25, 0.3) is 0 Å². The summed E-state index contributed by atoms with van der Waals surface area (Å²) >= 11 is 0. The molecule has 32 heavy (non-hydrogen) atoms. The second-order valence-electron chi connectivity index (χ2n) is 8.06. The van der Waals surface area contributed by atoms with Gasteiger partial charge in [-0.05, 0) is 32.1 Å². The molecule has 0 aromatic heterocycles. The van der Waals surface area contributed by atoms with Gasteiger partial charge in [0, 0.05) is 19.5 Å². The monoisotopic (exact) mass is 454 g/mol. The van der Waals surface area contributed by atoms with Gasteiger partial charge < -0.3 is 37.4 Å². The summed E-state index contributed by atoms with van der Waals surface area (Å²) in [4.78, 5) is 74.9. The lowest BCUT2D eigenvalue weighted by atomic mass is 10.1. The van der Waals surface area contributed by atoms with E-state index in [4.69, 9.17) is 17.2 Å². The van der Waals surface area contributed by atoms with Gasteiger partial charge in [0.1, 0.15) is 18.1 Å². The number of nitrogens with two attached hydrogens (primary N) is 3. The van der Waals surface area contributed by atoms with Crippen molar-refractivity contribution in [2.24, 2.45) is 17.2 Å². The van der Waals surface area contributed by atoms with Gasteiger partial charge in [-0.2, -0.15) is 0 Å². The number of nitrogens with one attached hydrogen (secondary N) is 1. The van der Waals surface area contributed by atoms with Crippen molar-refractivity contribution in [1.82, 2.24) is 15.1 Å². The second kappa shape index (κ2) is 10.9.